The van der Waals surface area contributed by atoms with Gasteiger partial charge >= 0.3 is 0 Å². The Morgan fingerprint density at radius 2 is 1.50 bits per heavy atom. The molecule has 2 atom stereocenters. The van der Waals surface area contributed by atoms with Gasteiger partial charge in [-0.2, -0.15) is 0 Å². The summed E-state index contributed by atoms with van der Waals surface area (Å²) in [6.45, 7) is 0.324. The first-order valence-corrected chi connectivity index (χ1v) is 11.6. The minimum atomic E-state index is 0.324. The topological polar surface area (TPSA) is 20.2 Å². The molecule has 0 heterocycles. The Labute approximate surface area is 175 Å². The number of benzene rings is 2. The maximum absolute atomic E-state index is 9.54. The molecule has 150 valence electrons. The smallest absolute Gasteiger partial charge is 0.0459 e. The number of aliphatic hydroxyl groups is 1. The van der Waals surface area contributed by atoms with Crippen molar-refractivity contribution in [3.8, 4) is 0 Å². The molecule has 0 amide bonds. The normalized spacial score (nSPS) is 23.6. The Morgan fingerprint density at radius 1 is 0.786 bits per heavy atom. The van der Waals surface area contributed by atoms with E-state index >= 15 is 0 Å². The van der Waals surface area contributed by atoms with Crippen LogP contribution in [0.5, 0.6) is 0 Å². The lowest BCUT2D eigenvalue weighted by Gasteiger charge is -2.28. The minimum Gasteiger partial charge on any atom is -0.396 e. The van der Waals surface area contributed by atoms with Crippen molar-refractivity contribution in [1.82, 2.24) is 0 Å². The highest BCUT2D eigenvalue weighted by Gasteiger charge is 2.23. The lowest BCUT2D eigenvalue weighted by Crippen LogP contribution is -2.17. The molecule has 2 aliphatic carbocycles. The van der Waals surface area contributed by atoms with Gasteiger partial charge in [0.25, 0.3) is 0 Å². The van der Waals surface area contributed by atoms with Crippen LogP contribution in [0.2, 0.25) is 5.02 Å². The largest absolute Gasteiger partial charge is 0.396 e. The van der Waals surface area contributed by atoms with Gasteiger partial charge in [-0.05, 0) is 84.6 Å². The van der Waals surface area contributed by atoms with Crippen LogP contribution in [0, 0.1) is 5.92 Å². The summed E-state index contributed by atoms with van der Waals surface area (Å²) in [5.41, 5.74) is 5.49. The standard InChI is InChI=1S/C26H33ClO/c27-26-14-13-24(23-8-4-5-20(16-23)18-28)17-25(26)15-19-9-11-22(12-10-19)21-6-2-1-3-7-21/h9-14,17,20-21,23,28H,1-8,15-16,18H2/t20-,23+/m0/s1. The molecule has 2 aromatic carbocycles. The summed E-state index contributed by atoms with van der Waals surface area (Å²) in [7, 11) is 0. The zero-order valence-corrected chi connectivity index (χ0v) is 17.6. The van der Waals surface area contributed by atoms with E-state index < -0.39 is 0 Å². The Kier molecular flexibility index (Phi) is 6.75. The first-order valence-electron chi connectivity index (χ1n) is 11.2. The van der Waals surface area contributed by atoms with Crippen LogP contribution < -0.4 is 0 Å². The first kappa shape index (κ1) is 20.0. The molecule has 1 nitrogen and oxygen atoms in total. The van der Waals surface area contributed by atoms with Crippen molar-refractivity contribution in [3.63, 3.8) is 0 Å². The monoisotopic (exact) mass is 396 g/mol. The molecule has 0 saturated heterocycles. The van der Waals surface area contributed by atoms with Crippen molar-refractivity contribution in [2.75, 3.05) is 6.61 Å². The highest BCUT2D eigenvalue weighted by molar-refractivity contribution is 6.31. The van der Waals surface area contributed by atoms with E-state index in [9.17, 15) is 5.11 Å². The molecule has 28 heavy (non-hydrogen) atoms. The van der Waals surface area contributed by atoms with E-state index in [-0.39, 0.29) is 0 Å². The van der Waals surface area contributed by atoms with Crippen molar-refractivity contribution >= 4 is 11.6 Å². The van der Waals surface area contributed by atoms with Gasteiger partial charge in [0.05, 0.1) is 0 Å². The fraction of sp³-hybridized carbons (Fsp3) is 0.538. The minimum absolute atomic E-state index is 0.324. The summed E-state index contributed by atoms with van der Waals surface area (Å²) >= 11 is 6.55. The average molecular weight is 397 g/mol. The van der Waals surface area contributed by atoms with E-state index in [4.69, 9.17) is 11.6 Å². The van der Waals surface area contributed by atoms with Crippen LogP contribution in [-0.2, 0) is 6.42 Å². The van der Waals surface area contributed by atoms with E-state index in [1.54, 1.807) is 0 Å². The van der Waals surface area contributed by atoms with E-state index in [1.807, 2.05) is 0 Å². The van der Waals surface area contributed by atoms with Gasteiger partial charge < -0.3 is 5.11 Å². The quantitative estimate of drug-likeness (QED) is 0.564. The second-order valence-electron chi connectivity index (χ2n) is 9.02. The highest BCUT2D eigenvalue weighted by Crippen LogP contribution is 2.37. The summed E-state index contributed by atoms with van der Waals surface area (Å²) in [4.78, 5) is 0. The van der Waals surface area contributed by atoms with Crippen LogP contribution in [0.25, 0.3) is 0 Å². The molecule has 1 N–H and O–H groups in total. The molecule has 0 aromatic heterocycles. The van der Waals surface area contributed by atoms with Gasteiger partial charge in [-0.3, -0.25) is 0 Å². The summed E-state index contributed by atoms with van der Waals surface area (Å²) in [6.07, 6.45) is 12.5. The van der Waals surface area contributed by atoms with Gasteiger partial charge in [-0.1, -0.05) is 73.7 Å². The Balaban J connectivity index is 1.46. The van der Waals surface area contributed by atoms with Crippen LogP contribution in [0.4, 0.5) is 0 Å². The zero-order valence-electron chi connectivity index (χ0n) is 16.9. The van der Waals surface area contributed by atoms with Crippen molar-refractivity contribution in [3.05, 3.63) is 69.7 Å². The summed E-state index contributed by atoms with van der Waals surface area (Å²) in [6, 6.07) is 15.9. The van der Waals surface area contributed by atoms with Crippen LogP contribution in [0.15, 0.2) is 42.5 Å². The number of hydrogen-bond acceptors (Lipinski definition) is 1. The van der Waals surface area contributed by atoms with E-state index in [2.05, 4.69) is 42.5 Å². The Bertz CT molecular complexity index is 761. The summed E-state index contributed by atoms with van der Waals surface area (Å²) in [5, 5.41) is 10.4. The van der Waals surface area contributed by atoms with Crippen LogP contribution in [0.1, 0.15) is 91.9 Å². The SMILES string of the molecule is OC[C@H]1CCC[C@@H](c2ccc(Cl)c(Cc3ccc(C4CCCCC4)cc3)c2)C1. The van der Waals surface area contributed by atoms with E-state index in [1.165, 1.54) is 73.6 Å². The number of aliphatic hydroxyl groups excluding tert-OH is 1. The third-order valence-electron chi connectivity index (χ3n) is 7.03. The predicted octanol–water partition coefficient (Wildman–Crippen LogP) is 7.24. The maximum atomic E-state index is 9.54. The molecule has 0 aliphatic heterocycles. The van der Waals surface area contributed by atoms with Gasteiger partial charge in [0, 0.05) is 11.6 Å². The zero-order chi connectivity index (χ0) is 19.3. The molecule has 0 radical (unpaired) electrons. The van der Waals surface area contributed by atoms with Gasteiger partial charge in [-0.15, -0.1) is 0 Å². The predicted molar refractivity (Wildman–Crippen MR) is 118 cm³/mol. The third-order valence-corrected chi connectivity index (χ3v) is 7.40. The molecule has 2 fully saturated rings. The first-order chi connectivity index (χ1) is 13.7. The molecule has 4 rings (SSSR count). The summed E-state index contributed by atoms with van der Waals surface area (Å²) < 4.78 is 0. The fourth-order valence-electron chi connectivity index (χ4n) is 5.31. The highest BCUT2D eigenvalue weighted by atomic mass is 35.5. The molecule has 0 bridgehead atoms. The molecule has 2 heteroatoms. The van der Waals surface area contributed by atoms with Gasteiger partial charge in [0.1, 0.15) is 0 Å². The van der Waals surface area contributed by atoms with Crippen LogP contribution in [0.3, 0.4) is 0 Å². The van der Waals surface area contributed by atoms with Crippen molar-refractivity contribution < 1.29 is 5.11 Å². The second kappa shape index (κ2) is 9.46. The Morgan fingerprint density at radius 3 is 2.25 bits per heavy atom. The summed E-state index contributed by atoms with van der Waals surface area (Å²) in [5.74, 6) is 1.79. The van der Waals surface area contributed by atoms with E-state index in [0.717, 1.165) is 23.8 Å². The van der Waals surface area contributed by atoms with Crippen LogP contribution >= 0.6 is 11.6 Å². The van der Waals surface area contributed by atoms with Crippen molar-refractivity contribution in [2.24, 2.45) is 5.92 Å². The fourth-order valence-corrected chi connectivity index (χ4v) is 5.49. The number of halogens is 1. The molecule has 2 aliphatic rings. The van der Waals surface area contributed by atoms with Gasteiger partial charge in [0.15, 0.2) is 0 Å². The van der Waals surface area contributed by atoms with Crippen molar-refractivity contribution in [2.45, 2.75) is 76.0 Å². The molecular formula is C26H33ClO. The average Bonchev–Trinajstić information content (AvgIpc) is 2.76. The third kappa shape index (κ3) is 4.81. The molecule has 0 unspecified atom stereocenters. The van der Waals surface area contributed by atoms with Gasteiger partial charge in [-0.25, -0.2) is 0 Å². The van der Waals surface area contributed by atoms with E-state index in [0.29, 0.717) is 18.4 Å². The number of rotatable bonds is 5. The molecule has 2 saturated carbocycles. The lowest BCUT2D eigenvalue weighted by molar-refractivity contribution is 0.180. The van der Waals surface area contributed by atoms with Gasteiger partial charge in [0.2, 0.25) is 0 Å². The lowest BCUT2D eigenvalue weighted by atomic mass is 9.78. The molecule has 0 spiro atoms. The van der Waals surface area contributed by atoms with Crippen LogP contribution in [-0.4, -0.2) is 11.7 Å². The second-order valence-corrected chi connectivity index (χ2v) is 9.42. The van der Waals surface area contributed by atoms with Crippen molar-refractivity contribution in [1.29, 1.82) is 0 Å². The maximum Gasteiger partial charge on any atom is 0.0459 e. The molecular weight excluding hydrogens is 364 g/mol. The number of hydrogen-bond donors (Lipinski definition) is 1. The molecule has 2 aromatic rings. The Hall–Kier alpha value is -1.31.